The van der Waals surface area contributed by atoms with Crippen LogP contribution in [0.25, 0.3) is 0 Å². The molecule has 124 valence electrons. The van der Waals surface area contributed by atoms with Crippen LogP contribution in [0.3, 0.4) is 0 Å². The Balaban J connectivity index is 2.54. The third-order valence-electron chi connectivity index (χ3n) is 3.90. The van der Waals surface area contributed by atoms with Crippen molar-refractivity contribution < 1.29 is 4.39 Å². The van der Waals surface area contributed by atoms with Gasteiger partial charge in [0, 0.05) is 33.2 Å². The van der Waals surface area contributed by atoms with Gasteiger partial charge in [0.25, 0.3) is 0 Å². The molecule has 0 aliphatic carbocycles. The molecule has 1 aromatic rings. The van der Waals surface area contributed by atoms with E-state index in [2.05, 4.69) is 36.0 Å². The largest absolute Gasteiger partial charge is 0.355 e. The predicted octanol–water partition coefficient (Wildman–Crippen LogP) is 2.56. The van der Waals surface area contributed by atoms with E-state index in [0.717, 1.165) is 31.2 Å². The van der Waals surface area contributed by atoms with Crippen molar-refractivity contribution >= 4 is 5.96 Å². The van der Waals surface area contributed by atoms with E-state index in [4.69, 9.17) is 0 Å². The zero-order valence-electron chi connectivity index (χ0n) is 14.4. The Kier molecular flexibility index (Phi) is 7.88. The average molecular weight is 308 g/mol. The van der Waals surface area contributed by atoms with Gasteiger partial charge in [0.2, 0.25) is 0 Å². The second-order valence-electron chi connectivity index (χ2n) is 5.48. The molecule has 4 nitrogen and oxygen atoms in total. The van der Waals surface area contributed by atoms with Gasteiger partial charge in [0.1, 0.15) is 5.82 Å². The Labute approximate surface area is 134 Å². The molecule has 0 saturated carbocycles. The summed E-state index contributed by atoms with van der Waals surface area (Å²) in [6.07, 6.45) is 0. The summed E-state index contributed by atoms with van der Waals surface area (Å²) < 4.78 is 12.9. The van der Waals surface area contributed by atoms with Gasteiger partial charge in [-0.15, -0.1) is 0 Å². The minimum Gasteiger partial charge on any atom is -0.355 e. The molecule has 0 aliphatic rings. The van der Waals surface area contributed by atoms with Gasteiger partial charge in [-0.1, -0.05) is 26.0 Å². The zero-order chi connectivity index (χ0) is 16.5. The SMILES string of the molecule is CCN(CC)C(C)CNC(=NC)N(C)Cc1ccc(F)cc1. The first-order chi connectivity index (χ1) is 10.5. The summed E-state index contributed by atoms with van der Waals surface area (Å²) in [6, 6.07) is 7.03. The number of nitrogens with one attached hydrogen (secondary N) is 1. The molecule has 0 heterocycles. The quantitative estimate of drug-likeness (QED) is 0.620. The van der Waals surface area contributed by atoms with E-state index in [0.29, 0.717) is 12.6 Å². The summed E-state index contributed by atoms with van der Waals surface area (Å²) in [6.45, 7) is 10.2. The normalized spacial score (nSPS) is 13.3. The maximum Gasteiger partial charge on any atom is 0.193 e. The van der Waals surface area contributed by atoms with Crippen LogP contribution in [0.4, 0.5) is 4.39 Å². The molecule has 0 saturated heterocycles. The van der Waals surface area contributed by atoms with Crippen molar-refractivity contribution in [2.45, 2.75) is 33.4 Å². The smallest absolute Gasteiger partial charge is 0.193 e. The van der Waals surface area contributed by atoms with Crippen LogP contribution in [0.2, 0.25) is 0 Å². The van der Waals surface area contributed by atoms with Crippen LogP contribution in [0.1, 0.15) is 26.3 Å². The van der Waals surface area contributed by atoms with Gasteiger partial charge >= 0.3 is 0 Å². The summed E-state index contributed by atoms with van der Waals surface area (Å²) >= 11 is 0. The van der Waals surface area contributed by atoms with E-state index in [1.54, 1.807) is 19.2 Å². The summed E-state index contributed by atoms with van der Waals surface area (Å²) in [5, 5.41) is 3.41. The lowest BCUT2D eigenvalue weighted by molar-refractivity contribution is 0.230. The predicted molar refractivity (Wildman–Crippen MR) is 91.6 cm³/mol. The first-order valence-corrected chi connectivity index (χ1v) is 7.92. The van der Waals surface area contributed by atoms with Crippen molar-refractivity contribution in [3.63, 3.8) is 0 Å². The number of aliphatic imine (C=N–C) groups is 1. The first kappa shape index (κ1) is 18.4. The van der Waals surface area contributed by atoms with Crippen LogP contribution < -0.4 is 5.32 Å². The molecule has 0 aliphatic heterocycles. The molecule has 1 rings (SSSR count). The maximum atomic E-state index is 12.9. The fourth-order valence-corrected chi connectivity index (χ4v) is 2.54. The molecule has 1 unspecified atom stereocenters. The van der Waals surface area contributed by atoms with Crippen LogP contribution in [-0.2, 0) is 6.54 Å². The lowest BCUT2D eigenvalue weighted by atomic mass is 10.2. The van der Waals surface area contributed by atoms with Crippen LogP contribution in [-0.4, -0.2) is 55.5 Å². The number of rotatable bonds is 7. The van der Waals surface area contributed by atoms with E-state index in [1.807, 2.05) is 11.9 Å². The second-order valence-corrected chi connectivity index (χ2v) is 5.48. The second kappa shape index (κ2) is 9.41. The molecule has 5 heteroatoms. The standard InChI is InChI=1S/C17H29FN4/c1-6-22(7-2)14(3)12-20-17(19-4)21(5)13-15-8-10-16(18)11-9-15/h8-11,14H,6-7,12-13H2,1-5H3,(H,19,20). The van der Waals surface area contributed by atoms with Crippen molar-refractivity contribution in [2.75, 3.05) is 33.7 Å². The van der Waals surface area contributed by atoms with Crippen LogP contribution in [0.5, 0.6) is 0 Å². The van der Waals surface area contributed by atoms with Gasteiger partial charge < -0.3 is 10.2 Å². The summed E-state index contributed by atoms with van der Waals surface area (Å²) in [7, 11) is 3.77. The fraction of sp³-hybridized carbons (Fsp3) is 0.588. The highest BCUT2D eigenvalue weighted by Gasteiger charge is 2.12. The average Bonchev–Trinajstić information content (AvgIpc) is 2.51. The molecule has 0 spiro atoms. The fourth-order valence-electron chi connectivity index (χ4n) is 2.54. The van der Waals surface area contributed by atoms with Crippen molar-refractivity contribution in [1.82, 2.24) is 15.1 Å². The molecule has 0 radical (unpaired) electrons. The molecule has 1 N–H and O–H groups in total. The van der Waals surface area contributed by atoms with Crippen LogP contribution in [0.15, 0.2) is 29.3 Å². The first-order valence-electron chi connectivity index (χ1n) is 7.92. The number of hydrogen-bond acceptors (Lipinski definition) is 2. The van der Waals surface area contributed by atoms with E-state index < -0.39 is 0 Å². The van der Waals surface area contributed by atoms with Crippen molar-refractivity contribution in [2.24, 2.45) is 4.99 Å². The number of nitrogens with zero attached hydrogens (tertiary/aromatic N) is 3. The van der Waals surface area contributed by atoms with E-state index >= 15 is 0 Å². The third-order valence-corrected chi connectivity index (χ3v) is 3.90. The molecule has 1 aromatic carbocycles. The molecule has 22 heavy (non-hydrogen) atoms. The Morgan fingerprint density at radius 2 is 1.82 bits per heavy atom. The van der Waals surface area contributed by atoms with Gasteiger partial charge in [0.15, 0.2) is 5.96 Å². The summed E-state index contributed by atoms with van der Waals surface area (Å²) in [4.78, 5) is 8.77. The van der Waals surface area contributed by atoms with Crippen molar-refractivity contribution in [3.8, 4) is 0 Å². The minimum absolute atomic E-state index is 0.207. The van der Waals surface area contributed by atoms with E-state index in [-0.39, 0.29) is 5.82 Å². The highest BCUT2D eigenvalue weighted by molar-refractivity contribution is 5.79. The maximum absolute atomic E-state index is 12.9. The van der Waals surface area contributed by atoms with Crippen LogP contribution in [0, 0.1) is 5.82 Å². The highest BCUT2D eigenvalue weighted by Crippen LogP contribution is 2.06. The summed E-state index contributed by atoms with van der Waals surface area (Å²) in [5.74, 6) is 0.644. The van der Waals surface area contributed by atoms with E-state index in [9.17, 15) is 4.39 Å². The van der Waals surface area contributed by atoms with Gasteiger partial charge in [-0.2, -0.15) is 0 Å². The topological polar surface area (TPSA) is 30.9 Å². The molecule has 0 bridgehead atoms. The lowest BCUT2D eigenvalue weighted by Gasteiger charge is -2.29. The van der Waals surface area contributed by atoms with Crippen molar-refractivity contribution in [1.29, 1.82) is 0 Å². The number of likely N-dealkylation sites (N-methyl/N-ethyl adjacent to an activating group) is 1. The molecule has 1 atom stereocenters. The van der Waals surface area contributed by atoms with Gasteiger partial charge in [-0.05, 0) is 37.7 Å². The Morgan fingerprint density at radius 3 is 2.32 bits per heavy atom. The Morgan fingerprint density at radius 1 is 1.23 bits per heavy atom. The van der Waals surface area contributed by atoms with Crippen molar-refractivity contribution in [3.05, 3.63) is 35.6 Å². The highest BCUT2D eigenvalue weighted by atomic mass is 19.1. The molecule has 0 aromatic heterocycles. The number of halogens is 1. The minimum atomic E-state index is -0.207. The lowest BCUT2D eigenvalue weighted by Crippen LogP contribution is -2.46. The van der Waals surface area contributed by atoms with E-state index in [1.165, 1.54) is 12.1 Å². The molecule has 0 fully saturated rings. The third kappa shape index (κ3) is 5.64. The monoisotopic (exact) mass is 308 g/mol. The Hall–Kier alpha value is -1.62. The molecule has 0 amide bonds. The number of benzene rings is 1. The molecular weight excluding hydrogens is 279 g/mol. The molecular formula is C17H29FN4. The van der Waals surface area contributed by atoms with Gasteiger partial charge in [-0.3, -0.25) is 9.89 Å². The van der Waals surface area contributed by atoms with Crippen LogP contribution >= 0.6 is 0 Å². The number of hydrogen-bond donors (Lipinski definition) is 1. The van der Waals surface area contributed by atoms with Gasteiger partial charge in [0.05, 0.1) is 0 Å². The number of guanidine groups is 1. The van der Waals surface area contributed by atoms with Gasteiger partial charge in [-0.25, -0.2) is 4.39 Å². The summed E-state index contributed by atoms with van der Waals surface area (Å²) in [5.41, 5.74) is 1.06. The Bertz CT molecular complexity index is 454. The zero-order valence-corrected chi connectivity index (χ0v) is 14.4.